The van der Waals surface area contributed by atoms with E-state index in [4.69, 9.17) is 9.47 Å². The number of carbonyl (C=O) groups excluding carboxylic acids is 1. The number of nitrogens with one attached hydrogen (secondary N) is 1. The van der Waals surface area contributed by atoms with Crippen LogP contribution in [0.2, 0.25) is 0 Å². The average Bonchev–Trinajstić information content (AvgIpc) is 3.32. The fraction of sp³-hybridized carbons (Fsp3) is 0.435. The fourth-order valence-corrected chi connectivity index (χ4v) is 5.17. The van der Waals surface area contributed by atoms with Crippen molar-refractivity contribution in [2.75, 3.05) is 51.2 Å². The number of amides is 1. The topological polar surface area (TPSA) is 88.2 Å². The second-order valence-corrected chi connectivity index (χ2v) is 9.77. The molecular weight excluding hydrogens is 430 g/mol. The highest BCUT2D eigenvalue weighted by molar-refractivity contribution is 7.92. The molecule has 0 saturated carbocycles. The van der Waals surface area contributed by atoms with Crippen molar-refractivity contribution in [2.24, 2.45) is 0 Å². The number of carbonyl (C=O) groups is 1. The van der Waals surface area contributed by atoms with E-state index in [-0.39, 0.29) is 10.8 Å². The second-order valence-electron chi connectivity index (χ2n) is 8.09. The number of hydrogen-bond acceptors (Lipinski definition) is 6. The summed E-state index contributed by atoms with van der Waals surface area (Å²) in [4.78, 5) is 17.2. The van der Waals surface area contributed by atoms with Gasteiger partial charge in [-0.25, -0.2) is 8.42 Å². The Bertz CT molecular complexity index is 1030. The lowest BCUT2D eigenvalue weighted by Gasteiger charge is -2.35. The van der Waals surface area contributed by atoms with Crippen LogP contribution in [-0.2, 0) is 14.8 Å². The summed E-state index contributed by atoms with van der Waals surface area (Å²) in [5, 5.41) is 0. The smallest absolute Gasteiger partial charge is 0.261 e. The lowest BCUT2D eigenvalue weighted by atomic mass is 10.1. The Morgan fingerprint density at radius 1 is 1.12 bits per heavy atom. The van der Waals surface area contributed by atoms with Crippen molar-refractivity contribution < 1.29 is 22.7 Å². The molecule has 2 aromatic carbocycles. The van der Waals surface area contributed by atoms with Crippen molar-refractivity contribution in [3.05, 3.63) is 54.1 Å². The highest BCUT2D eigenvalue weighted by atomic mass is 32.2. The number of piperazine rings is 1. The Morgan fingerprint density at radius 2 is 1.88 bits per heavy atom. The van der Waals surface area contributed by atoms with Crippen LogP contribution in [0.5, 0.6) is 5.75 Å². The second kappa shape index (κ2) is 9.89. The standard InChI is InChI=1S/C23H29N3O5S/c1-30-20-9-7-19(8-10-20)24-32(28,29)22-6-2-4-18(16-22)23(27)26-13-11-25(12-14-26)17-21-5-3-15-31-21/h2,4,6-10,16,21,24H,3,5,11-15,17H2,1H3. The summed E-state index contributed by atoms with van der Waals surface area (Å²) in [5.41, 5.74) is 0.792. The molecule has 2 heterocycles. The van der Waals surface area contributed by atoms with Crippen LogP contribution in [-0.4, -0.2) is 76.7 Å². The first-order chi connectivity index (χ1) is 15.4. The van der Waals surface area contributed by atoms with Gasteiger partial charge in [0.25, 0.3) is 15.9 Å². The van der Waals surface area contributed by atoms with Gasteiger partial charge in [0.2, 0.25) is 0 Å². The summed E-state index contributed by atoms with van der Waals surface area (Å²) in [6, 6.07) is 12.8. The van der Waals surface area contributed by atoms with Gasteiger partial charge in [0, 0.05) is 50.6 Å². The molecule has 0 radical (unpaired) electrons. The highest BCUT2D eigenvalue weighted by Crippen LogP contribution is 2.21. The van der Waals surface area contributed by atoms with Crippen molar-refractivity contribution in [2.45, 2.75) is 23.8 Å². The molecule has 8 nitrogen and oxygen atoms in total. The van der Waals surface area contributed by atoms with Crippen LogP contribution in [0, 0.1) is 0 Å². The monoisotopic (exact) mass is 459 g/mol. The molecule has 2 aromatic rings. The Balaban J connectivity index is 1.39. The van der Waals surface area contributed by atoms with Crippen molar-refractivity contribution in [3.8, 4) is 5.75 Å². The van der Waals surface area contributed by atoms with Gasteiger partial charge in [-0.15, -0.1) is 0 Å². The SMILES string of the molecule is COc1ccc(NS(=O)(=O)c2cccc(C(=O)N3CCN(CC4CCCO4)CC3)c2)cc1. The molecule has 32 heavy (non-hydrogen) atoms. The van der Waals surface area contributed by atoms with Crippen molar-refractivity contribution in [1.29, 1.82) is 0 Å². The molecular formula is C23H29N3O5S. The van der Waals surface area contributed by atoms with Crippen LogP contribution in [0.15, 0.2) is 53.4 Å². The third-order valence-corrected chi connectivity index (χ3v) is 7.26. The number of rotatable bonds is 7. The molecule has 4 rings (SSSR count). The van der Waals surface area contributed by atoms with Gasteiger partial charge in [-0.3, -0.25) is 14.4 Å². The van der Waals surface area contributed by atoms with E-state index in [1.165, 1.54) is 12.1 Å². The molecule has 2 saturated heterocycles. The predicted octanol–water partition coefficient (Wildman–Crippen LogP) is 2.43. The number of hydrogen-bond donors (Lipinski definition) is 1. The van der Waals surface area contributed by atoms with E-state index in [0.29, 0.717) is 36.2 Å². The fourth-order valence-electron chi connectivity index (χ4n) is 4.06. The van der Waals surface area contributed by atoms with E-state index in [1.54, 1.807) is 48.4 Å². The molecule has 9 heteroatoms. The number of nitrogens with zero attached hydrogens (tertiary/aromatic N) is 2. The third-order valence-electron chi connectivity index (χ3n) is 5.88. The number of sulfonamides is 1. The maximum absolute atomic E-state index is 13.0. The molecule has 0 aromatic heterocycles. The summed E-state index contributed by atoms with van der Waals surface area (Å²) >= 11 is 0. The van der Waals surface area contributed by atoms with Gasteiger partial charge in [0.1, 0.15) is 5.75 Å². The van der Waals surface area contributed by atoms with Crippen LogP contribution < -0.4 is 9.46 Å². The first kappa shape index (κ1) is 22.6. The van der Waals surface area contributed by atoms with Crippen molar-refractivity contribution >= 4 is 21.6 Å². The van der Waals surface area contributed by atoms with Gasteiger partial charge in [-0.05, 0) is 55.3 Å². The minimum Gasteiger partial charge on any atom is -0.497 e. The summed E-state index contributed by atoms with van der Waals surface area (Å²) in [5.74, 6) is 0.486. The average molecular weight is 460 g/mol. The number of benzene rings is 2. The molecule has 1 unspecified atom stereocenters. The Kier molecular flexibility index (Phi) is 6.98. The van der Waals surface area contributed by atoms with Crippen LogP contribution in [0.4, 0.5) is 5.69 Å². The predicted molar refractivity (Wildman–Crippen MR) is 122 cm³/mol. The van der Waals surface area contributed by atoms with Crippen LogP contribution in [0.3, 0.4) is 0 Å². The van der Waals surface area contributed by atoms with E-state index < -0.39 is 10.0 Å². The Hall–Kier alpha value is -2.62. The van der Waals surface area contributed by atoms with Gasteiger partial charge in [-0.1, -0.05) is 6.07 Å². The third kappa shape index (κ3) is 5.40. The summed E-state index contributed by atoms with van der Waals surface area (Å²) in [6.07, 6.45) is 2.53. The molecule has 1 N–H and O–H groups in total. The number of ether oxygens (including phenoxy) is 2. The maximum Gasteiger partial charge on any atom is 0.261 e. The lowest BCUT2D eigenvalue weighted by molar-refractivity contribution is 0.0432. The van der Waals surface area contributed by atoms with Gasteiger partial charge < -0.3 is 14.4 Å². The zero-order valence-corrected chi connectivity index (χ0v) is 19.0. The minimum atomic E-state index is -3.83. The minimum absolute atomic E-state index is 0.0520. The first-order valence-electron chi connectivity index (χ1n) is 10.8. The number of anilines is 1. The van der Waals surface area contributed by atoms with E-state index in [0.717, 1.165) is 39.1 Å². The van der Waals surface area contributed by atoms with E-state index in [9.17, 15) is 13.2 Å². The zero-order valence-electron chi connectivity index (χ0n) is 18.2. The molecule has 2 aliphatic rings. The van der Waals surface area contributed by atoms with E-state index in [2.05, 4.69) is 9.62 Å². The van der Waals surface area contributed by atoms with Gasteiger partial charge in [0.15, 0.2) is 0 Å². The summed E-state index contributed by atoms with van der Waals surface area (Å²) in [7, 11) is -2.28. The molecule has 172 valence electrons. The molecule has 0 bridgehead atoms. The van der Waals surface area contributed by atoms with Crippen LogP contribution in [0.1, 0.15) is 23.2 Å². The van der Waals surface area contributed by atoms with Gasteiger partial charge >= 0.3 is 0 Å². The molecule has 2 aliphatic heterocycles. The van der Waals surface area contributed by atoms with Crippen LogP contribution >= 0.6 is 0 Å². The summed E-state index contributed by atoms with van der Waals surface area (Å²) in [6.45, 7) is 4.58. The van der Waals surface area contributed by atoms with Crippen LogP contribution in [0.25, 0.3) is 0 Å². The molecule has 0 aliphatic carbocycles. The molecule has 1 atom stereocenters. The Labute approximate surface area is 189 Å². The zero-order chi connectivity index (χ0) is 22.6. The van der Waals surface area contributed by atoms with E-state index >= 15 is 0 Å². The van der Waals surface area contributed by atoms with Crippen molar-refractivity contribution in [1.82, 2.24) is 9.80 Å². The first-order valence-corrected chi connectivity index (χ1v) is 12.3. The molecule has 2 fully saturated rings. The Morgan fingerprint density at radius 3 is 2.53 bits per heavy atom. The molecule has 0 spiro atoms. The maximum atomic E-state index is 13.0. The summed E-state index contributed by atoms with van der Waals surface area (Å²) < 4.78 is 39.0. The van der Waals surface area contributed by atoms with Crippen molar-refractivity contribution in [3.63, 3.8) is 0 Å². The van der Waals surface area contributed by atoms with E-state index in [1.807, 2.05) is 0 Å². The largest absolute Gasteiger partial charge is 0.497 e. The van der Waals surface area contributed by atoms with Gasteiger partial charge in [0.05, 0.1) is 18.1 Å². The number of methoxy groups -OCH3 is 1. The quantitative estimate of drug-likeness (QED) is 0.684. The lowest BCUT2D eigenvalue weighted by Crippen LogP contribution is -2.50. The normalized spacial score (nSPS) is 19.7. The molecule has 1 amide bonds. The van der Waals surface area contributed by atoms with Gasteiger partial charge in [-0.2, -0.15) is 0 Å². The highest BCUT2D eigenvalue weighted by Gasteiger charge is 2.26.